The molecule has 19 heavy (non-hydrogen) atoms. The van der Waals surface area contributed by atoms with Crippen molar-refractivity contribution in [3.63, 3.8) is 0 Å². The van der Waals surface area contributed by atoms with E-state index in [2.05, 4.69) is 0 Å². The maximum Gasteiger partial charge on any atom is 0.416 e. The molecular formula is C13H14F3NO2. The van der Waals surface area contributed by atoms with Gasteiger partial charge >= 0.3 is 6.18 Å². The number of rotatable bonds is 2. The molecule has 0 unspecified atom stereocenters. The Bertz CT molecular complexity index is 479. The van der Waals surface area contributed by atoms with Crippen molar-refractivity contribution >= 4 is 5.78 Å². The van der Waals surface area contributed by atoms with E-state index in [0.29, 0.717) is 26.1 Å². The molecule has 2 N–H and O–H groups in total. The number of hydrogen-bond acceptors (Lipinski definition) is 3. The van der Waals surface area contributed by atoms with E-state index in [1.165, 1.54) is 12.1 Å². The number of hydrogen-bond donors (Lipinski definition) is 1. The Morgan fingerprint density at radius 2 is 1.89 bits per heavy atom. The van der Waals surface area contributed by atoms with E-state index in [-0.39, 0.29) is 5.56 Å². The van der Waals surface area contributed by atoms with Gasteiger partial charge in [0.1, 0.15) is 0 Å². The molecule has 0 aliphatic carbocycles. The maximum atomic E-state index is 12.6. The Labute approximate surface area is 108 Å². The molecule has 1 aliphatic rings. The minimum atomic E-state index is -4.46. The molecule has 0 radical (unpaired) electrons. The molecule has 0 aromatic heterocycles. The van der Waals surface area contributed by atoms with Crippen LogP contribution >= 0.6 is 0 Å². The Balaban J connectivity index is 2.29. The van der Waals surface area contributed by atoms with Gasteiger partial charge in [0.05, 0.1) is 11.1 Å². The lowest BCUT2D eigenvalue weighted by Gasteiger charge is -2.31. The molecule has 0 saturated carbocycles. The summed E-state index contributed by atoms with van der Waals surface area (Å²) in [5.41, 5.74) is 4.02. The molecule has 1 fully saturated rings. The summed E-state index contributed by atoms with van der Waals surface area (Å²) in [6, 6.07) is 4.37. The molecule has 0 spiro atoms. The highest BCUT2D eigenvalue weighted by atomic mass is 19.4. The molecule has 3 nitrogen and oxygen atoms in total. The summed E-state index contributed by atoms with van der Waals surface area (Å²) in [6.45, 7) is 0.697. The van der Waals surface area contributed by atoms with Crippen molar-refractivity contribution in [2.24, 2.45) is 5.73 Å². The molecular weight excluding hydrogens is 259 g/mol. The Kier molecular flexibility index (Phi) is 3.64. The lowest BCUT2D eigenvalue weighted by Crippen LogP contribution is -2.51. The van der Waals surface area contributed by atoms with E-state index in [1.54, 1.807) is 0 Å². The lowest BCUT2D eigenvalue weighted by atomic mass is 9.83. The van der Waals surface area contributed by atoms with Crippen LogP contribution in [-0.4, -0.2) is 24.5 Å². The number of alkyl halides is 3. The monoisotopic (exact) mass is 273 g/mol. The second kappa shape index (κ2) is 4.94. The summed E-state index contributed by atoms with van der Waals surface area (Å²) in [7, 11) is 0. The molecule has 1 heterocycles. The third-order valence-electron chi connectivity index (χ3n) is 3.29. The third kappa shape index (κ3) is 2.96. The molecule has 0 amide bonds. The normalized spacial score (nSPS) is 19.2. The Morgan fingerprint density at radius 1 is 1.26 bits per heavy atom. The first-order valence-electron chi connectivity index (χ1n) is 5.92. The zero-order valence-corrected chi connectivity index (χ0v) is 10.2. The predicted molar refractivity (Wildman–Crippen MR) is 62.7 cm³/mol. The minimum Gasteiger partial charge on any atom is -0.381 e. The van der Waals surface area contributed by atoms with Crippen LogP contribution in [0.15, 0.2) is 24.3 Å². The van der Waals surface area contributed by atoms with Gasteiger partial charge in [-0.1, -0.05) is 12.1 Å². The molecule has 1 aliphatic heterocycles. The van der Waals surface area contributed by atoms with Crippen LogP contribution in [0.1, 0.15) is 28.8 Å². The number of nitrogens with two attached hydrogens (primary N) is 1. The predicted octanol–water partition coefficient (Wildman–Crippen LogP) is 2.40. The maximum absolute atomic E-state index is 12.6. The molecule has 2 rings (SSSR count). The van der Waals surface area contributed by atoms with Gasteiger partial charge in [0.15, 0.2) is 5.78 Å². The van der Waals surface area contributed by atoms with E-state index in [1.807, 2.05) is 0 Å². The van der Waals surface area contributed by atoms with Crippen LogP contribution in [0.25, 0.3) is 0 Å². The van der Waals surface area contributed by atoms with Crippen molar-refractivity contribution in [1.29, 1.82) is 0 Å². The first-order valence-corrected chi connectivity index (χ1v) is 5.92. The SMILES string of the molecule is NC1(C(=O)c2cccc(C(F)(F)F)c2)CCOCC1. The molecule has 1 aromatic carbocycles. The molecule has 1 aromatic rings. The fourth-order valence-corrected chi connectivity index (χ4v) is 2.09. The van der Waals surface area contributed by atoms with Crippen LogP contribution in [0, 0.1) is 0 Å². The van der Waals surface area contributed by atoms with Crippen molar-refractivity contribution in [2.45, 2.75) is 24.6 Å². The number of ether oxygens (including phenoxy) is 1. The molecule has 0 bridgehead atoms. The van der Waals surface area contributed by atoms with E-state index < -0.39 is 23.1 Å². The highest BCUT2D eigenvalue weighted by Gasteiger charge is 2.37. The lowest BCUT2D eigenvalue weighted by molar-refractivity contribution is -0.137. The summed E-state index contributed by atoms with van der Waals surface area (Å²) in [5, 5.41) is 0. The van der Waals surface area contributed by atoms with E-state index in [9.17, 15) is 18.0 Å². The topological polar surface area (TPSA) is 52.3 Å². The van der Waals surface area contributed by atoms with Gasteiger partial charge in [0.25, 0.3) is 0 Å². The first-order chi connectivity index (χ1) is 8.83. The van der Waals surface area contributed by atoms with Gasteiger partial charge in [0, 0.05) is 18.8 Å². The Hall–Kier alpha value is -1.40. The fraction of sp³-hybridized carbons (Fsp3) is 0.462. The third-order valence-corrected chi connectivity index (χ3v) is 3.29. The molecule has 6 heteroatoms. The van der Waals surface area contributed by atoms with Crippen LogP contribution in [-0.2, 0) is 10.9 Å². The van der Waals surface area contributed by atoms with Gasteiger partial charge in [-0.05, 0) is 25.0 Å². The van der Waals surface area contributed by atoms with Crippen molar-refractivity contribution in [3.8, 4) is 0 Å². The first kappa shape index (κ1) is 14.0. The summed E-state index contributed by atoms with van der Waals surface area (Å²) in [6.07, 6.45) is -3.82. The van der Waals surface area contributed by atoms with Crippen LogP contribution in [0.4, 0.5) is 13.2 Å². The van der Waals surface area contributed by atoms with Gasteiger partial charge in [0.2, 0.25) is 0 Å². The van der Waals surface area contributed by atoms with Crippen molar-refractivity contribution in [1.82, 2.24) is 0 Å². The summed E-state index contributed by atoms with van der Waals surface area (Å²) in [5.74, 6) is -0.457. The number of carbonyl (C=O) groups excluding carboxylic acids is 1. The zero-order valence-electron chi connectivity index (χ0n) is 10.2. The quantitative estimate of drug-likeness (QED) is 0.842. The number of carbonyl (C=O) groups is 1. The van der Waals surface area contributed by atoms with Gasteiger partial charge in [-0.15, -0.1) is 0 Å². The fourth-order valence-electron chi connectivity index (χ4n) is 2.09. The van der Waals surface area contributed by atoms with Crippen molar-refractivity contribution in [3.05, 3.63) is 35.4 Å². The molecule has 1 saturated heterocycles. The average molecular weight is 273 g/mol. The standard InChI is InChI=1S/C13H14F3NO2/c14-13(15,16)10-3-1-2-9(8-10)11(18)12(17)4-6-19-7-5-12/h1-3,8H,4-7,17H2. The number of ketones is 1. The number of benzene rings is 1. The summed E-state index contributed by atoms with van der Waals surface area (Å²) >= 11 is 0. The average Bonchev–Trinajstić information content (AvgIpc) is 2.38. The number of Topliss-reactive ketones (excluding diaryl/α,β-unsaturated/α-hetero) is 1. The van der Waals surface area contributed by atoms with Crippen molar-refractivity contribution < 1.29 is 22.7 Å². The molecule has 0 atom stereocenters. The highest BCUT2D eigenvalue weighted by Crippen LogP contribution is 2.31. The van der Waals surface area contributed by atoms with Crippen LogP contribution in [0.2, 0.25) is 0 Å². The van der Waals surface area contributed by atoms with Crippen molar-refractivity contribution in [2.75, 3.05) is 13.2 Å². The van der Waals surface area contributed by atoms with Gasteiger partial charge in [-0.25, -0.2) is 0 Å². The van der Waals surface area contributed by atoms with Gasteiger partial charge in [-0.2, -0.15) is 13.2 Å². The Morgan fingerprint density at radius 3 is 2.47 bits per heavy atom. The van der Waals surface area contributed by atoms with E-state index >= 15 is 0 Å². The smallest absolute Gasteiger partial charge is 0.381 e. The second-order valence-corrected chi connectivity index (χ2v) is 4.68. The minimum absolute atomic E-state index is 0.000718. The van der Waals surface area contributed by atoms with Crippen LogP contribution < -0.4 is 5.73 Å². The van der Waals surface area contributed by atoms with Gasteiger partial charge in [-0.3, -0.25) is 4.79 Å². The van der Waals surface area contributed by atoms with Gasteiger partial charge < -0.3 is 10.5 Å². The zero-order chi connectivity index (χ0) is 14.1. The summed E-state index contributed by atoms with van der Waals surface area (Å²) in [4.78, 5) is 12.3. The van der Waals surface area contributed by atoms with E-state index in [4.69, 9.17) is 10.5 Å². The largest absolute Gasteiger partial charge is 0.416 e. The van der Waals surface area contributed by atoms with Crippen LogP contribution in [0.3, 0.4) is 0 Å². The second-order valence-electron chi connectivity index (χ2n) is 4.68. The number of halogens is 3. The highest BCUT2D eigenvalue weighted by molar-refractivity contribution is 6.03. The molecule has 104 valence electrons. The van der Waals surface area contributed by atoms with E-state index in [0.717, 1.165) is 12.1 Å². The summed E-state index contributed by atoms with van der Waals surface area (Å²) < 4.78 is 42.9. The van der Waals surface area contributed by atoms with Crippen LogP contribution in [0.5, 0.6) is 0 Å².